The van der Waals surface area contributed by atoms with E-state index in [1.54, 1.807) is 18.9 Å². The molecule has 0 aliphatic carbocycles. The minimum atomic E-state index is -0.841. The Morgan fingerprint density at radius 1 is 1.26 bits per heavy atom. The molecule has 0 saturated heterocycles. The molecule has 6 nitrogen and oxygen atoms in total. The van der Waals surface area contributed by atoms with Gasteiger partial charge in [0.2, 0.25) is 5.88 Å². The van der Waals surface area contributed by atoms with E-state index in [0.29, 0.717) is 18.1 Å². The molecule has 1 aromatic carbocycles. The average Bonchev–Trinajstić information content (AvgIpc) is 2.91. The molecule has 1 heterocycles. The van der Waals surface area contributed by atoms with Crippen LogP contribution in [-0.2, 0) is 11.2 Å². The fourth-order valence-electron chi connectivity index (χ4n) is 2.56. The highest BCUT2D eigenvalue weighted by Gasteiger charge is 2.23. The quantitative estimate of drug-likeness (QED) is 0.849. The second-order valence-corrected chi connectivity index (χ2v) is 5.51. The highest BCUT2D eigenvalue weighted by molar-refractivity contribution is 5.67. The van der Waals surface area contributed by atoms with Gasteiger partial charge in [0.1, 0.15) is 11.4 Å². The first-order valence-corrected chi connectivity index (χ1v) is 7.50. The van der Waals surface area contributed by atoms with Gasteiger partial charge in [-0.1, -0.05) is 26.0 Å². The van der Waals surface area contributed by atoms with Gasteiger partial charge in [0.05, 0.1) is 19.9 Å². The molecule has 2 rings (SSSR count). The lowest BCUT2D eigenvalue weighted by Crippen LogP contribution is -2.03. The Bertz CT molecular complexity index is 692. The van der Waals surface area contributed by atoms with Gasteiger partial charge in [-0.2, -0.15) is 9.78 Å². The number of hydrogen-bond acceptors (Lipinski definition) is 4. The molecule has 0 fully saturated rings. The van der Waals surface area contributed by atoms with E-state index < -0.39 is 5.97 Å². The maximum Gasteiger partial charge on any atom is 0.303 e. The van der Waals surface area contributed by atoms with Crippen molar-refractivity contribution in [3.63, 3.8) is 0 Å². The fraction of sp³-hybridized carbons (Fsp3) is 0.412. The molecule has 0 bridgehead atoms. The summed E-state index contributed by atoms with van der Waals surface area (Å²) >= 11 is 0. The number of aromatic nitrogens is 2. The summed E-state index contributed by atoms with van der Waals surface area (Å²) in [4.78, 5) is 10.9. The zero-order chi connectivity index (χ0) is 17.0. The van der Waals surface area contributed by atoms with Crippen LogP contribution < -0.4 is 9.47 Å². The van der Waals surface area contributed by atoms with Crippen molar-refractivity contribution >= 4 is 5.97 Å². The van der Waals surface area contributed by atoms with Crippen molar-refractivity contribution in [1.82, 2.24) is 9.78 Å². The van der Waals surface area contributed by atoms with Crippen molar-refractivity contribution in [2.24, 2.45) is 0 Å². The Hall–Kier alpha value is -2.50. The third-order valence-corrected chi connectivity index (χ3v) is 3.61. The minimum Gasteiger partial charge on any atom is -0.494 e. The lowest BCUT2D eigenvalue weighted by atomic mass is 10.0. The van der Waals surface area contributed by atoms with Gasteiger partial charge in [-0.15, -0.1) is 0 Å². The van der Waals surface area contributed by atoms with Crippen molar-refractivity contribution in [2.45, 2.75) is 32.6 Å². The molecule has 1 N–H and O–H groups in total. The van der Waals surface area contributed by atoms with Gasteiger partial charge in [0.15, 0.2) is 0 Å². The largest absolute Gasteiger partial charge is 0.494 e. The third kappa shape index (κ3) is 3.47. The van der Waals surface area contributed by atoms with Crippen LogP contribution in [0.3, 0.4) is 0 Å². The Kier molecular flexibility index (Phi) is 5.26. The van der Waals surface area contributed by atoms with Gasteiger partial charge < -0.3 is 14.6 Å². The third-order valence-electron chi connectivity index (χ3n) is 3.61. The number of carboxylic acids is 1. The van der Waals surface area contributed by atoms with Crippen LogP contribution in [0.25, 0.3) is 5.69 Å². The fourth-order valence-corrected chi connectivity index (χ4v) is 2.56. The van der Waals surface area contributed by atoms with Crippen LogP contribution in [0.4, 0.5) is 0 Å². The smallest absolute Gasteiger partial charge is 0.303 e. The summed E-state index contributed by atoms with van der Waals surface area (Å²) < 4.78 is 12.6. The first kappa shape index (κ1) is 16.9. The normalized spacial score (nSPS) is 10.8. The zero-order valence-electron chi connectivity index (χ0n) is 13.9. The average molecular weight is 318 g/mol. The van der Waals surface area contributed by atoms with Crippen LogP contribution >= 0.6 is 0 Å². The van der Waals surface area contributed by atoms with Crippen molar-refractivity contribution in [1.29, 1.82) is 0 Å². The highest BCUT2D eigenvalue weighted by Crippen LogP contribution is 2.34. The van der Waals surface area contributed by atoms with E-state index in [4.69, 9.17) is 14.6 Å². The van der Waals surface area contributed by atoms with Crippen LogP contribution in [0.2, 0.25) is 0 Å². The Morgan fingerprint density at radius 2 is 1.96 bits per heavy atom. The maximum atomic E-state index is 10.9. The number of benzene rings is 1. The Labute approximate surface area is 135 Å². The molecule has 0 unspecified atom stereocenters. The molecule has 6 heteroatoms. The van der Waals surface area contributed by atoms with Gasteiger partial charge >= 0.3 is 5.97 Å². The van der Waals surface area contributed by atoms with Crippen LogP contribution in [0.5, 0.6) is 11.6 Å². The number of carbonyl (C=O) groups is 1. The van der Waals surface area contributed by atoms with Crippen LogP contribution in [0.1, 0.15) is 37.4 Å². The molecule has 0 aliphatic heterocycles. The Balaban J connectivity index is 2.60. The van der Waals surface area contributed by atoms with E-state index in [9.17, 15) is 4.79 Å². The lowest BCUT2D eigenvalue weighted by molar-refractivity contribution is -0.136. The van der Waals surface area contributed by atoms with Gasteiger partial charge in [0.25, 0.3) is 0 Å². The molecule has 1 aromatic heterocycles. The zero-order valence-corrected chi connectivity index (χ0v) is 13.9. The molecule has 23 heavy (non-hydrogen) atoms. The number of rotatable bonds is 7. The van der Waals surface area contributed by atoms with Crippen molar-refractivity contribution in [2.75, 3.05) is 14.2 Å². The summed E-state index contributed by atoms with van der Waals surface area (Å²) in [6.07, 6.45) is 0.412. The van der Waals surface area contributed by atoms with Gasteiger partial charge in [0, 0.05) is 12.0 Å². The van der Waals surface area contributed by atoms with Crippen molar-refractivity contribution < 1.29 is 19.4 Å². The summed E-state index contributed by atoms with van der Waals surface area (Å²) in [5.74, 6) is 0.545. The van der Waals surface area contributed by atoms with Crippen LogP contribution in [0, 0.1) is 0 Å². The summed E-state index contributed by atoms with van der Waals surface area (Å²) in [6.45, 7) is 4.05. The first-order valence-electron chi connectivity index (χ1n) is 7.50. The van der Waals surface area contributed by atoms with E-state index in [0.717, 1.165) is 16.9 Å². The van der Waals surface area contributed by atoms with Gasteiger partial charge in [-0.3, -0.25) is 4.79 Å². The maximum absolute atomic E-state index is 10.9. The molecule has 0 amide bonds. The number of ether oxygens (including phenoxy) is 2. The molecular formula is C17H22N2O4. The molecular weight excluding hydrogens is 296 g/mol. The molecule has 0 radical (unpaired) electrons. The number of carboxylic acid groups (broad SMARTS) is 1. The first-order chi connectivity index (χ1) is 11.0. The van der Waals surface area contributed by atoms with Crippen molar-refractivity contribution in [3.8, 4) is 17.3 Å². The molecule has 2 aromatic rings. The second-order valence-electron chi connectivity index (χ2n) is 5.51. The molecule has 0 atom stereocenters. The predicted octanol–water partition coefficient (Wildman–Crippen LogP) is 3.03. The van der Waals surface area contributed by atoms with Gasteiger partial charge in [-0.25, -0.2) is 0 Å². The van der Waals surface area contributed by atoms with Crippen LogP contribution in [0.15, 0.2) is 24.3 Å². The van der Waals surface area contributed by atoms with E-state index in [1.165, 1.54) is 0 Å². The molecule has 0 saturated carbocycles. The number of hydrogen-bond donors (Lipinski definition) is 1. The van der Waals surface area contributed by atoms with Gasteiger partial charge in [-0.05, 0) is 24.5 Å². The standard InChI is InChI=1S/C17H22N2O4/c1-11(2)16-12(9-10-15(20)21)17(23-4)19(18-16)13-7-5-6-8-14(13)22-3/h5-8,11H,9-10H2,1-4H3,(H,20,21). The molecule has 0 aliphatic rings. The minimum absolute atomic E-state index is 0.0354. The number of para-hydroxylation sites is 2. The summed E-state index contributed by atoms with van der Waals surface area (Å²) in [6, 6.07) is 7.51. The SMILES string of the molecule is COc1ccccc1-n1nc(C(C)C)c(CCC(=O)O)c1OC. The predicted molar refractivity (Wildman–Crippen MR) is 86.7 cm³/mol. The topological polar surface area (TPSA) is 73.6 Å². The lowest BCUT2D eigenvalue weighted by Gasteiger charge is -2.11. The van der Waals surface area contributed by atoms with E-state index >= 15 is 0 Å². The van der Waals surface area contributed by atoms with Crippen molar-refractivity contribution in [3.05, 3.63) is 35.5 Å². The number of methoxy groups -OCH3 is 2. The highest BCUT2D eigenvalue weighted by atomic mass is 16.5. The van der Waals surface area contributed by atoms with E-state index in [-0.39, 0.29) is 12.3 Å². The Morgan fingerprint density at radius 3 is 2.52 bits per heavy atom. The number of nitrogens with zero attached hydrogens (tertiary/aromatic N) is 2. The van der Waals surface area contributed by atoms with Crippen LogP contribution in [-0.4, -0.2) is 35.1 Å². The summed E-state index contributed by atoms with van der Waals surface area (Å²) in [7, 11) is 3.17. The summed E-state index contributed by atoms with van der Waals surface area (Å²) in [5, 5.41) is 13.6. The van der Waals surface area contributed by atoms with E-state index in [1.807, 2.05) is 38.1 Å². The number of aliphatic carboxylic acids is 1. The monoisotopic (exact) mass is 318 g/mol. The summed E-state index contributed by atoms with van der Waals surface area (Å²) in [5.41, 5.74) is 2.43. The second kappa shape index (κ2) is 7.17. The molecule has 124 valence electrons. The molecule has 0 spiro atoms. The van der Waals surface area contributed by atoms with E-state index in [2.05, 4.69) is 5.10 Å².